The molecule has 0 aliphatic heterocycles. The van der Waals surface area contributed by atoms with E-state index in [0.29, 0.717) is 5.41 Å². The summed E-state index contributed by atoms with van der Waals surface area (Å²) in [6.45, 7) is 13.6. The van der Waals surface area contributed by atoms with Crippen molar-refractivity contribution in [2.75, 3.05) is 13.1 Å². The molecule has 1 aromatic heterocycles. The maximum absolute atomic E-state index is 4.53. The minimum Gasteiger partial charge on any atom is -0.316 e. The maximum atomic E-state index is 4.53. The van der Waals surface area contributed by atoms with Crippen LogP contribution in [0.4, 0.5) is 0 Å². The molecule has 1 N–H and O–H groups in total. The van der Waals surface area contributed by atoms with Gasteiger partial charge in [-0.1, -0.05) is 34.6 Å². The van der Waals surface area contributed by atoms with E-state index in [1.54, 1.807) is 0 Å². The quantitative estimate of drug-likeness (QED) is 0.732. The zero-order chi connectivity index (χ0) is 14.5. The van der Waals surface area contributed by atoms with Crippen molar-refractivity contribution < 1.29 is 0 Å². The van der Waals surface area contributed by atoms with Gasteiger partial charge in [-0.25, -0.2) is 0 Å². The molecule has 0 unspecified atom stereocenters. The molecule has 0 aliphatic rings. The Morgan fingerprint density at radius 2 is 2.05 bits per heavy atom. The van der Waals surface area contributed by atoms with Crippen LogP contribution < -0.4 is 5.32 Å². The molecular formula is C16H31N3. The van der Waals surface area contributed by atoms with Gasteiger partial charge in [-0.05, 0) is 49.8 Å². The van der Waals surface area contributed by atoms with Crippen LogP contribution in [0.2, 0.25) is 0 Å². The summed E-state index contributed by atoms with van der Waals surface area (Å²) in [4.78, 5) is 0. The second-order valence-corrected chi connectivity index (χ2v) is 6.79. The lowest BCUT2D eigenvalue weighted by atomic mass is 9.84. The summed E-state index contributed by atoms with van der Waals surface area (Å²) in [6, 6.07) is 2.25. The largest absolute Gasteiger partial charge is 0.316 e. The SMILES string of the molecule is CCc1cc(CC(C)(C)CCNCC(C)C)n(C)n1. The summed E-state index contributed by atoms with van der Waals surface area (Å²) < 4.78 is 2.04. The summed E-state index contributed by atoms with van der Waals surface area (Å²) in [7, 11) is 2.06. The Balaban J connectivity index is 2.46. The molecule has 1 aromatic rings. The lowest BCUT2D eigenvalue weighted by Crippen LogP contribution is -2.27. The second kappa shape index (κ2) is 7.09. The maximum Gasteiger partial charge on any atom is 0.0624 e. The summed E-state index contributed by atoms with van der Waals surface area (Å²) in [5.41, 5.74) is 2.87. The van der Waals surface area contributed by atoms with E-state index in [9.17, 15) is 0 Å². The Morgan fingerprint density at radius 3 is 2.58 bits per heavy atom. The van der Waals surface area contributed by atoms with Crippen LogP contribution in [0.1, 0.15) is 52.4 Å². The van der Waals surface area contributed by atoms with E-state index in [0.717, 1.165) is 31.8 Å². The Hall–Kier alpha value is -0.830. The third-order valence-electron chi connectivity index (χ3n) is 3.58. The summed E-state index contributed by atoms with van der Waals surface area (Å²) >= 11 is 0. The van der Waals surface area contributed by atoms with Crippen molar-refractivity contribution >= 4 is 0 Å². The molecule has 110 valence electrons. The Bertz CT molecular complexity index is 377. The summed E-state index contributed by atoms with van der Waals surface area (Å²) in [6.07, 6.45) is 3.32. The molecule has 0 saturated heterocycles. The van der Waals surface area contributed by atoms with Crippen LogP contribution in [-0.4, -0.2) is 22.9 Å². The van der Waals surface area contributed by atoms with E-state index in [-0.39, 0.29) is 0 Å². The Labute approximate surface area is 118 Å². The zero-order valence-corrected chi connectivity index (χ0v) is 13.6. The first-order valence-corrected chi connectivity index (χ1v) is 7.56. The van der Waals surface area contributed by atoms with Crippen LogP contribution in [0, 0.1) is 11.3 Å². The van der Waals surface area contributed by atoms with Crippen LogP contribution in [-0.2, 0) is 19.9 Å². The fraction of sp³-hybridized carbons (Fsp3) is 0.812. The first-order valence-electron chi connectivity index (χ1n) is 7.56. The van der Waals surface area contributed by atoms with Crippen LogP contribution in [0.25, 0.3) is 0 Å². The van der Waals surface area contributed by atoms with Gasteiger partial charge in [-0.3, -0.25) is 4.68 Å². The van der Waals surface area contributed by atoms with Crippen molar-refractivity contribution in [3.05, 3.63) is 17.5 Å². The minimum absolute atomic E-state index is 0.322. The van der Waals surface area contributed by atoms with Gasteiger partial charge in [-0.15, -0.1) is 0 Å². The second-order valence-electron chi connectivity index (χ2n) is 6.79. The molecule has 19 heavy (non-hydrogen) atoms. The highest BCUT2D eigenvalue weighted by molar-refractivity contribution is 5.11. The number of rotatable bonds is 8. The molecule has 0 bridgehead atoms. The Morgan fingerprint density at radius 1 is 1.37 bits per heavy atom. The normalized spacial score (nSPS) is 12.4. The predicted molar refractivity (Wildman–Crippen MR) is 82.4 cm³/mol. The molecule has 0 aromatic carbocycles. The van der Waals surface area contributed by atoms with Gasteiger partial charge in [-0.2, -0.15) is 5.10 Å². The molecule has 0 atom stereocenters. The average molecular weight is 265 g/mol. The molecule has 0 radical (unpaired) electrons. The topological polar surface area (TPSA) is 29.9 Å². The first kappa shape index (κ1) is 16.2. The van der Waals surface area contributed by atoms with Crippen molar-refractivity contribution in [3.63, 3.8) is 0 Å². The van der Waals surface area contributed by atoms with Gasteiger partial charge in [0.05, 0.1) is 5.69 Å². The predicted octanol–water partition coefficient (Wildman–Crippen LogP) is 3.19. The number of nitrogens with one attached hydrogen (secondary N) is 1. The number of aryl methyl sites for hydroxylation is 2. The van der Waals surface area contributed by atoms with Crippen molar-refractivity contribution in [2.24, 2.45) is 18.4 Å². The van der Waals surface area contributed by atoms with E-state index < -0.39 is 0 Å². The van der Waals surface area contributed by atoms with E-state index >= 15 is 0 Å². The van der Waals surface area contributed by atoms with Crippen LogP contribution in [0.5, 0.6) is 0 Å². The van der Waals surface area contributed by atoms with Gasteiger partial charge in [0, 0.05) is 12.7 Å². The van der Waals surface area contributed by atoms with Gasteiger partial charge in [0.15, 0.2) is 0 Å². The van der Waals surface area contributed by atoms with E-state index in [2.05, 4.69) is 58.1 Å². The third kappa shape index (κ3) is 5.77. The fourth-order valence-electron chi connectivity index (χ4n) is 2.31. The van der Waals surface area contributed by atoms with E-state index in [1.165, 1.54) is 17.8 Å². The van der Waals surface area contributed by atoms with E-state index in [1.807, 2.05) is 4.68 Å². The van der Waals surface area contributed by atoms with Gasteiger partial charge in [0.2, 0.25) is 0 Å². The van der Waals surface area contributed by atoms with Gasteiger partial charge >= 0.3 is 0 Å². The average Bonchev–Trinajstić information content (AvgIpc) is 2.65. The molecule has 3 nitrogen and oxygen atoms in total. The molecule has 0 saturated carbocycles. The highest BCUT2D eigenvalue weighted by atomic mass is 15.3. The molecule has 1 rings (SSSR count). The molecular weight excluding hydrogens is 234 g/mol. The molecule has 0 aliphatic carbocycles. The summed E-state index contributed by atoms with van der Waals surface area (Å²) in [5, 5.41) is 8.07. The van der Waals surface area contributed by atoms with Gasteiger partial charge in [0.1, 0.15) is 0 Å². The zero-order valence-electron chi connectivity index (χ0n) is 13.6. The lowest BCUT2D eigenvalue weighted by molar-refractivity contribution is 0.315. The highest BCUT2D eigenvalue weighted by Gasteiger charge is 2.20. The standard InChI is InChI=1S/C16H31N3/c1-7-14-10-15(19(6)18-14)11-16(4,5)8-9-17-12-13(2)3/h10,13,17H,7-9,11-12H2,1-6H3. The van der Waals surface area contributed by atoms with Gasteiger partial charge < -0.3 is 5.32 Å². The van der Waals surface area contributed by atoms with Crippen molar-refractivity contribution in [1.29, 1.82) is 0 Å². The van der Waals surface area contributed by atoms with Crippen molar-refractivity contribution in [3.8, 4) is 0 Å². The third-order valence-corrected chi connectivity index (χ3v) is 3.58. The molecule has 3 heteroatoms. The molecule has 0 fully saturated rings. The summed E-state index contributed by atoms with van der Waals surface area (Å²) in [5.74, 6) is 0.729. The first-order chi connectivity index (χ1) is 8.84. The number of hydrogen-bond acceptors (Lipinski definition) is 2. The molecule has 1 heterocycles. The fourth-order valence-corrected chi connectivity index (χ4v) is 2.31. The van der Waals surface area contributed by atoms with Crippen LogP contribution >= 0.6 is 0 Å². The van der Waals surface area contributed by atoms with Crippen molar-refractivity contribution in [1.82, 2.24) is 15.1 Å². The van der Waals surface area contributed by atoms with Gasteiger partial charge in [0.25, 0.3) is 0 Å². The number of aromatic nitrogens is 2. The Kier molecular flexibility index (Phi) is 6.05. The lowest BCUT2D eigenvalue weighted by Gasteiger charge is -2.25. The van der Waals surface area contributed by atoms with E-state index in [4.69, 9.17) is 0 Å². The number of hydrogen-bond donors (Lipinski definition) is 1. The minimum atomic E-state index is 0.322. The number of nitrogens with zero attached hydrogens (tertiary/aromatic N) is 2. The monoisotopic (exact) mass is 265 g/mol. The molecule has 0 amide bonds. The van der Waals surface area contributed by atoms with Crippen molar-refractivity contribution in [2.45, 2.75) is 53.9 Å². The molecule has 0 spiro atoms. The van der Waals surface area contributed by atoms with Crippen LogP contribution in [0.3, 0.4) is 0 Å². The highest BCUT2D eigenvalue weighted by Crippen LogP contribution is 2.25. The smallest absolute Gasteiger partial charge is 0.0624 e. The van der Waals surface area contributed by atoms with Crippen LogP contribution in [0.15, 0.2) is 6.07 Å².